The van der Waals surface area contributed by atoms with Crippen LogP contribution in [0.1, 0.15) is 15.9 Å². The molecule has 4 saturated heterocycles. The van der Waals surface area contributed by atoms with Gasteiger partial charge in [-0.2, -0.15) is 0 Å². The van der Waals surface area contributed by atoms with E-state index in [-0.39, 0.29) is 17.4 Å². The highest BCUT2D eigenvalue weighted by atomic mass is 16.3. The topological polar surface area (TPSA) is 61.6 Å². The third-order valence-corrected chi connectivity index (χ3v) is 7.30. The normalized spacial score (nSPS) is 31.4. The molecule has 158 valence electrons. The van der Waals surface area contributed by atoms with Gasteiger partial charge in [0.2, 0.25) is 0 Å². The van der Waals surface area contributed by atoms with Gasteiger partial charge in [0.25, 0.3) is 5.91 Å². The Balaban J connectivity index is 1.31. The van der Waals surface area contributed by atoms with Crippen LogP contribution in [0.4, 0.5) is 0 Å². The number of nitrogens with one attached hydrogen (secondary N) is 1. The van der Waals surface area contributed by atoms with Gasteiger partial charge in [-0.3, -0.25) is 4.79 Å². The average Bonchev–Trinajstić information content (AvgIpc) is 3.23. The second kappa shape index (κ2) is 7.32. The summed E-state index contributed by atoms with van der Waals surface area (Å²) in [4.78, 5) is 22.5. The minimum Gasteiger partial charge on any atom is -0.444 e. The molecule has 4 bridgehead atoms. The molecule has 6 nitrogen and oxygen atoms in total. The van der Waals surface area contributed by atoms with Gasteiger partial charge in [0, 0.05) is 67.8 Å². The molecule has 0 radical (unpaired) electrons. The fourth-order valence-corrected chi connectivity index (χ4v) is 5.94. The van der Waals surface area contributed by atoms with Crippen LogP contribution in [0.15, 0.2) is 71.6 Å². The number of piperidine rings is 2. The van der Waals surface area contributed by atoms with Crippen LogP contribution < -0.4 is 5.32 Å². The van der Waals surface area contributed by atoms with Crippen LogP contribution in [0.2, 0.25) is 0 Å². The van der Waals surface area contributed by atoms with Crippen LogP contribution in [-0.2, 0) is 5.41 Å². The molecule has 3 aromatic rings. The van der Waals surface area contributed by atoms with E-state index in [0.717, 1.165) is 44.8 Å². The third kappa shape index (κ3) is 3.18. The maximum atomic E-state index is 13.3. The molecule has 5 heterocycles. The molecule has 3 atom stereocenters. The van der Waals surface area contributed by atoms with Crippen LogP contribution in [0.5, 0.6) is 0 Å². The van der Waals surface area contributed by atoms with Crippen LogP contribution in [0.25, 0.3) is 11.3 Å². The molecule has 1 amide bonds. The van der Waals surface area contributed by atoms with Gasteiger partial charge in [0.05, 0.1) is 6.20 Å². The summed E-state index contributed by atoms with van der Waals surface area (Å²) in [5.74, 6) is 1.14. The van der Waals surface area contributed by atoms with Crippen molar-refractivity contribution < 1.29 is 9.21 Å². The summed E-state index contributed by atoms with van der Waals surface area (Å²) in [6, 6.07) is 18.5. The Labute approximate surface area is 181 Å². The van der Waals surface area contributed by atoms with Crippen molar-refractivity contribution >= 4 is 5.91 Å². The van der Waals surface area contributed by atoms with Crippen molar-refractivity contribution in [3.8, 4) is 11.3 Å². The van der Waals surface area contributed by atoms with E-state index in [2.05, 4.69) is 50.4 Å². The Morgan fingerprint density at radius 3 is 2.35 bits per heavy atom. The maximum absolute atomic E-state index is 13.3. The Morgan fingerprint density at radius 2 is 1.71 bits per heavy atom. The molecule has 0 saturated carbocycles. The van der Waals surface area contributed by atoms with E-state index in [9.17, 15) is 4.79 Å². The standard InChI is InChI=1S/C25H26N4O2/c30-24(19-8-6-18(7-9-19)22-12-26-17-31-22)27-23-20-13-28-10-11-29(14-20)16-25(23,15-28)21-4-2-1-3-5-21/h1-9,12,17,20,23H,10-11,13-16H2,(H,27,30)/t20?,23-,25?/m0/s1. The second-order valence-corrected chi connectivity index (χ2v) is 9.15. The Morgan fingerprint density at radius 1 is 1.00 bits per heavy atom. The summed E-state index contributed by atoms with van der Waals surface area (Å²) in [6.45, 7) is 6.35. The number of fused-ring (bicyclic) bond motifs is 1. The number of carbonyl (C=O) groups is 1. The summed E-state index contributed by atoms with van der Waals surface area (Å²) in [7, 11) is 0. The first kappa shape index (κ1) is 18.8. The molecular weight excluding hydrogens is 388 g/mol. The molecule has 4 aliphatic heterocycles. The predicted molar refractivity (Wildman–Crippen MR) is 118 cm³/mol. The minimum absolute atomic E-state index is 0.000531. The number of rotatable bonds is 4. The molecule has 0 aliphatic carbocycles. The SMILES string of the molecule is O=C(N[C@H]1C2CN3CCN(C2)CC1(c1ccccc1)C3)c1ccc(-c2cnco2)cc1. The van der Waals surface area contributed by atoms with Gasteiger partial charge >= 0.3 is 0 Å². The molecular formula is C25H26N4O2. The van der Waals surface area contributed by atoms with Crippen molar-refractivity contribution in [3.05, 3.63) is 78.3 Å². The van der Waals surface area contributed by atoms with Crippen molar-refractivity contribution in [2.75, 3.05) is 39.3 Å². The molecule has 1 aromatic heterocycles. The second-order valence-electron chi connectivity index (χ2n) is 9.15. The molecule has 4 aliphatic rings. The number of aromatic nitrogens is 1. The highest BCUT2D eigenvalue weighted by Gasteiger charge is 2.55. The largest absolute Gasteiger partial charge is 0.444 e. The average molecular weight is 415 g/mol. The lowest BCUT2D eigenvalue weighted by molar-refractivity contribution is 0.0180. The number of carbonyl (C=O) groups excluding carboxylic acids is 1. The number of oxazole rings is 1. The summed E-state index contributed by atoms with van der Waals surface area (Å²) in [6.07, 6.45) is 3.10. The lowest BCUT2D eigenvalue weighted by Gasteiger charge is -2.55. The van der Waals surface area contributed by atoms with E-state index in [0.29, 0.717) is 17.2 Å². The summed E-state index contributed by atoms with van der Waals surface area (Å²) < 4.78 is 5.36. The molecule has 2 aromatic carbocycles. The zero-order valence-corrected chi connectivity index (χ0v) is 17.4. The van der Waals surface area contributed by atoms with E-state index < -0.39 is 0 Å². The van der Waals surface area contributed by atoms with E-state index in [1.165, 1.54) is 12.0 Å². The highest BCUT2D eigenvalue weighted by molar-refractivity contribution is 5.95. The van der Waals surface area contributed by atoms with Crippen LogP contribution in [0.3, 0.4) is 0 Å². The quantitative estimate of drug-likeness (QED) is 0.711. The zero-order valence-electron chi connectivity index (χ0n) is 17.4. The van der Waals surface area contributed by atoms with Gasteiger partial charge in [-0.25, -0.2) is 4.98 Å². The van der Waals surface area contributed by atoms with Gasteiger partial charge in [0.15, 0.2) is 12.2 Å². The Bertz CT molecular complexity index is 1050. The minimum atomic E-state index is -0.0750. The Kier molecular flexibility index (Phi) is 4.44. The molecule has 31 heavy (non-hydrogen) atoms. The summed E-state index contributed by atoms with van der Waals surface area (Å²) >= 11 is 0. The smallest absolute Gasteiger partial charge is 0.251 e. The predicted octanol–water partition coefficient (Wildman–Crippen LogP) is 2.64. The summed E-state index contributed by atoms with van der Waals surface area (Å²) in [5.41, 5.74) is 2.86. The zero-order chi connectivity index (χ0) is 20.8. The fourth-order valence-electron chi connectivity index (χ4n) is 5.94. The van der Waals surface area contributed by atoms with Crippen molar-refractivity contribution in [2.45, 2.75) is 11.5 Å². The molecule has 7 rings (SSSR count). The van der Waals surface area contributed by atoms with Crippen LogP contribution >= 0.6 is 0 Å². The molecule has 2 unspecified atom stereocenters. The first-order valence-electron chi connectivity index (χ1n) is 11.0. The van der Waals surface area contributed by atoms with E-state index >= 15 is 0 Å². The summed E-state index contributed by atoms with van der Waals surface area (Å²) in [5, 5.41) is 3.47. The lowest BCUT2D eigenvalue weighted by atomic mass is 9.64. The van der Waals surface area contributed by atoms with Gasteiger partial charge in [-0.15, -0.1) is 0 Å². The van der Waals surface area contributed by atoms with Gasteiger partial charge in [-0.1, -0.05) is 42.5 Å². The molecule has 6 heteroatoms. The van der Waals surface area contributed by atoms with Crippen LogP contribution in [-0.4, -0.2) is 66.0 Å². The van der Waals surface area contributed by atoms with E-state index in [1.807, 2.05) is 24.3 Å². The number of nitrogens with zero attached hydrogens (tertiary/aromatic N) is 3. The van der Waals surface area contributed by atoms with E-state index in [1.54, 1.807) is 6.20 Å². The van der Waals surface area contributed by atoms with Crippen molar-refractivity contribution in [1.82, 2.24) is 20.1 Å². The number of hydrogen-bond acceptors (Lipinski definition) is 5. The molecule has 1 N–H and O–H groups in total. The lowest BCUT2D eigenvalue weighted by Crippen LogP contribution is -2.70. The molecule has 4 fully saturated rings. The highest BCUT2D eigenvalue weighted by Crippen LogP contribution is 2.43. The first-order chi connectivity index (χ1) is 15.2. The van der Waals surface area contributed by atoms with Gasteiger partial charge in [0.1, 0.15) is 0 Å². The molecule has 0 spiro atoms. The number of amides is 1. The van der Waals surface area contributed by atoms with Gasteiger partial charge in [-0.05, 0) is 17.7 Å². The van der Waals surface area contributed by atoms with Crippen molar-refractivity contribution in [1.29, 1.82) is 0 Å². The number of hydrogen-bond donors (Lipinski definition) is 1. The van der Waals surface area contributed by atoms with Gasteiger partial charge < -0.3 is 19.5 Å². The third-order valence-electron chi connectivity index (χ3n) is 7.30. The van der Waals surface area contributed by atoms with Crippen molar-refractivity contribution in [3.63, 3.8) is 0 Å². The Hall–Kier alpha value is -2.96. The fraction of sp³-hybridized carbons (Fsp3) is 0.360. The van der Waals surface area contributed by atoms with E-state index in [4.69, 9.17) is 4.42 Å². The first-order valence-corrected chi connectivity index (χ1v) is 11.0. The number of benzene rings is 2. The van der Waals surface area contributed by atoms with Crippen molar-refractivity contribution in [2.24, 2.45) is 5.92 Å². The monoisotopic (exact) mass is 414 g/mol. The maximum Gasteiger partial charge on any atom is 0.251 e. The van der Waals surface area contributed by atoms with Crippen LogP contribution in [0, 0.1) is 5.92 Å².